The zero-order valence-corrected chi connectivity index (χ0v) is 17.8. The molecule has 1 aliphatic heterocycles. The number of carboxylic acid groups (broad SMARTS) is 1. The van der Waals surface area contributed by atoms with E-state index in [1.54, 1.807) is 24.5 Å². The molecule has 3 heterocycles. The highest BCUT2D eigenvalue weighted by Crippen LogP contribution is 2.28. The molecular weight excluding hydrogens is 416 g/mol. The molecular formula is C23H23ClN4O3. The Bertz CT molecular complexity index is 1100. The number of aliphatic carboxylic acids is 1. The van der Waals surface area contributed by atoms with Crippen molar-refractivity contribution in [2.45, 2.75) is 12.8 Å². The Kier molecular flexibility index (Phi) is 6.44. The standard InChI is InChI=1S/C23H23ClN4O3/c24-19-15-20(16-5-7-25-8-6-16)26-21-14-17(3-4-18(19)21)23(31)28-12-10-27(11-13-28)9-1-2-22(29)30/h3-8,14-15H,1-2,9-13H2,(H,29,30). The van der Waals surface area contributed by atoms with Crippen LogP contribution in [0.4, 0.5) is 0 Å². The summed E-state index contributed by atoms with van der Waals surface area (Å²) >= 11 is 6.48. The van der Waals surface area contributed by atoms with Crippen molar-refractivity contribution in [1.82, 2.24) is 19.8 Å². The van der Waals surface area contributed by atoms with Crippen molar-refractivity contribution in [1.29, 1.82) is 0 Å². The van der Waals surface area contributed by atoms with Gasteiger partial charge in [0.2, 0.25) is 0 Å². The van der Waals surface area contributed by atoms with Crippen molar-refractivity contribution in [3.63, 3.8) is 0 Å². The molecule has 160 valence electrons. The van der Waals surface area contributed by atoms with Crippen LogP contribution in [0.2, 0.25) is 5.02 Å². The molecule has 0 aliphatic carbocycles. The van der Waals surface area contributed by atoms with Crippen LogP contribution in [0.5, 0.6) is 0 Å². The average molecular weight is 439 g/mol. The van der Waals surface area contributed by atoms with E-state index in [0.29, 0.717) is 35.6 Å². The van der Waals surface area contributed by atoms with Crippen LogP contribution in [0, 0.1) is 0 Å². The number of carbonyl (C=O) groups is 2. The van der Waals surface area contributed by atoms with Crippen molar-refractivity contribution < 1.29 is 14.7 Å². The zero-order chi connectivity index (χ0) is 21.8. The minimum Gasteiger partial charge on any atom is -0.481 e. The van der Waals surface area contributed by atoms with Crippen LogP contribution in [0.3, 0.4) is 0 Å². The van der Waals surface area contributed by atoms with Crippen LogP contribution in [0.1, 0.15) is 23.2 Å². The Morgan fingerprint density at radius 3 is 2.48 bits per heavy atom. The maximum absolute atomic E-state index is 13.1. The fourth-order valence-electron chi connectivity index (χ4n) is 3.80. The lowest BCUT2D eigenvalue weighted by atomic mass is 10.1. The molecule has 1 saturated heterocycles. The number of hydrogen-bond acceptors (Lipinski definition) is 5. The van der Waals surface area contributed by atoms with E-state index in [1.165, 1.54) is 0 Å². The van der Waals surface area contributed by atoms with E-state index in [0.717, 1.165) is 36.3 Å². The van der Waals surface area contributed by atoms with Crippen LogP contribution < -0.4 is 0 Å². The van der Waals surface area contributed by atoms with Crippen LogP contribution in [0.25, 0.3) is 22.2 Å². The van der Waals surface area contributed by atoms with Crippen LogP contribution in [0.15, 0.2) is 48.8 Å². The summed E-state index contributed by atoms with van der Waals surface area (Å²) in [6.07, 6.45) is 4.21. The number of piperazine rings is 1. The number of benzene rings is 1. The Balaban J connectivity index is 1.48. The molecule has 0 bridgehead atoms. The van der Waals surface area contributed by atoms with Crippen LogP contribution in [-0.2, 0) is 4.79 Å². The fourth-order valence-corrected chi connectivity index (χ4v) is 4.06. The molecule has 7 nitrogen and oxygen atoms in total. The normalized spacial score (nSPS) is 14.7. The molecule has 1 N–H and O–H groups in total. The van der Waals surface area contributed by atoms with Crippen LogP contribution in [-0.4, -0.2) is 69.5 Å². The van der Waals surface area contributed by atoms with E-state index in [1.807, 2.05) is 29.2 Å². The van der Waals surface area contributed by atoms with E-state index in [-0.39, 0.29) is 12.3 Å². The third-order valence-corrected chi connectivity index (χ3v) is 5.82. The van der Waals surface area contributed by atoms with Gasteiger partial charge in [0.1, 0.15) is 0 Å². The van der Waals surface area contributed by atoms with Crippen molar-refractivity contribution in [2.75, 3.05) is 32.7 Å². The number of carbonyl (C=O) groups excluding carboxylic acids is 1. The van der Waals surface area contributed by atoms with Crippen molar-refractivity contribution in [2.24, 2.45) is 0 Å². The van der Waals surface area contributed by atoms with E-state index >= 15 is 0 Å². The number of carboxylic acids is 1. The van der Waals surface area contributed by atoms with E-state index in [2.05, 4.69) is 9.88 Å². The highest BCUT2D eigenvalue weighted by Gasteiger charge is 2.22. The average Bonchev–Trinajstić information content (AvgIpc) is 2.79. The molecule has 8 heteroatoms. The molecule has 3 aromatic rings. The first-order valence-corrected chi connectivity index (χ1v) is 10.6. The highest BCUT2D eigenvalue weighted by atomic mass is 35.5. The lowest BCUT2D eigenvalue weighted by Gasteiger charge is -2.34. The molecule has 1 aliphatic rings. The molecule has 0 unspecified atom stereocenters. The predicted octanol–water partition coefficient (Wildman–Crippen LogP) is 3.57. The number of fused-ring (bicyclic) bond motifs is 1. The van der Waals surface area contributed by atoms with Gasteiger partial charge in [0.25, 0.3) is 5.91 Å². The Morgan fingerprint density at radius 2 is 1.77 bits per heavy atom. The van der Waals surface area contributed by atoms with Gasteiger partial charge in [0, 0.05) is 61.5 Å². The first-order chi connectivity index (χ1) is 15.0. The van der Waals surface area contributed by atoms with Gasteiger partial charge < -0.3 is 10.0 Å². The first kappa shape index (κ1) is 21.2. The van der Waals surface area contributed by atoms with Crippen molar-refractivity contribution in [3.05, 3.63) is 59.4 Å². The maximum Gasteiger partial charge on any atom is 0.303 e. The first-order valence-electron chi connectivity index (χ1n) is 10.3. The summed E-state index contributed by atoms with van der Waals surface area (Å²) in [6.45, 7) is 3.47. The third kappa shape index (κ3) is 5.00. The smallest absolute Gasteiger partial charge is 0.303 e. The molecule has 31 heavy (non-hydrogen) atoms. The lowest BCUT2D eigenvalue weighted by molar-refractivity contribution is -0.137. The summed E-state index contributed by atoms with van der Waals surface area (Å²) in [5.74, 6) is -0.801. The monoisotopic (exact) mass is 438 g/mol. The van der Waals surface area contributed by atoms with Gasteiger partial charge in [-0.25, -0.2) is 4.98 Å². The van der Waals surface area contributed by atoms with Gasteiger partial charge >= 0.3 is 5.97 Å². The Hall–Kier alpha value is -3.03. The summed E-state index contributed by atoms with van der Waals surface area (Å²) in [4.78, 5) is 36.5. The third-order valence-electron chi connectivity index (χ3n) is 5.51. The number of hydrogen-bond donors (Lipinski definition) is 1. The van der Waals surface area contributed by atoms with Gasteiger partial charge in [-0.15, -0.1) is 0 Å². The van der Waals surface area contributed by atoms with Crippen molar-refractivity contribution in [3.8, 4) is 11.3 Å². The van der Waals surface area contributed by atoms with Gasteiger partial charge in [-0.2, -0.15) is 0 Å². The molecule has 0 atom stereocenters. The van der Waals surface area contributed by atoms with Gasteiger partial charge in [0.05, 0.1) is 16.2 Å². The fraction of sp³-hybridized carbons (Fsp3) is 0.304. The van der Waals surface area contributed by atoms with E-state index < -0.39 is 5.97 Å². The second kappa shape index (κ2) is 9.41. The molecule has 0 radical (unpaired) electrons. The summed E-state index contributed by atoms with van der Waals surface area (Å²) in [7, 11) is 0. The Morgan fingerprint density at radius 1 is 1.03 bits per heavy atom. The summed E-state index contributed by atoms with van der Waals surface area (Å²) < 4.78 is 0. The molecule has 0 spiro atoms. The summed E-state index contributed by atoms with van der Waals surface area (Å²) in [5.41, 5.74) is 2.91. The number of pyridine rings is 2. The SMILES string of the molecule is O=C(O)CCCN1CCN(C(=O)c2ccc3c(Cl)cc(-c4ccncc4)nc3c2)CC1. The molecule has 2 aromatic heterocycles. The topological polar surface area (TPSA) is 86.6 Å². The predicted molar refractivity (Wildman–Crippen MR) is 119 cm³/mol. The molecule has 4 rings (SSSR count). The maximum atomic E-state index is 13.1. The minimum absolute atomic E-state index is 0.0284. The number of aromatic nitrogens is 2. The van der Waals surface area contributed by atoms with Crippen molar-refractivity contribution >= 4 is 34.4 Å². The van der Waals surface area contributed by atoms with Gasteiger partial charge in [0.15, 0.2) is 0 Å². The quantitative estimate of drug-likeness (QED) is 0.633. The highest BCUT2D eigenvalue weighted by molar-refractivity contribution is 6.35. The van der Waals surface area contributed by atoms with Crippen LogP contribution >= 0.6 is 11.6 Å². The Labute approximate surface area is 185 Å². The van der Waals surface area contributed by atoms with E-state index in [4.69, 9.17) is 21.7 Å². The van der Waals surface area contributed by atoms with Gasteiger partial charge in [-0.1, -0.05) is 17.7 Å². The largest absolute Gasteiger partial charge is 0.481 e. The lowest BCUT2D eigenvalue weighted by Crippen LogP contribution is -2.48. The molecule has 1 fully saturated rings. The number of rotatable bonds is 6. The molecule has 1 amide bonds. The number of halogens is 1. The zero-order valence-electron chi connectivity index (χ0n) is 17.0. The van der Waals surface area contributed by atoms with Gasteiger partial charge in [-0.3, -0.25) is 19.5 Å². The second-order valence-electron chi connectivity index (χ2n) is 7.59. The second-order valence-corrected chi connectivity index (χ2v) is 8.00. The molecule has 1 aromatic carbocycles. The number of amides is 1. The minimum atomic E-state index is -0.772. The van der Waals surface area contributed by atoms with E-state index in [9.17, 15) is 9.59 Å². The molecule has 0 saturated carbocycles. The van der Waals surface area contributed by atoms with Gasteiger partial charge in [-0.05, 0) is 43.3 Å². The summed E-state index contributed by atoms with van der Waals surface area (Å²) in [6, 6.07) is 11.0. The number of nitrogens with zero attached hydrogens (tertiary/aromatic N) is 4. The summed E-state index contributed by atoms with van der Waals surface area (Å²) in [5, 5.41) is 10.2.